The molecule has 1 fully saturated rings. The van der Waals surface area contributed by atoms with Gasteiger partial charge in [-0.25, -0.2) is 4.79 Å². The Morgan fingerprint density at radius 3 is 2.96 bits per heavy atom. The van der Waals surface area contributed by atoms with Crippen LogP contribution in [0.25, 0.3) is 0 Å². The van der Waals surface area contributed by atoms with Crippen LogP contribution in [0.4, 0.5) is 10.6 Å². The number of rotatable bonds is 4. The Morgan fingerprint density at radius 2 is 2.19 bits per heavy atom. The number of benzene rings is 1. The molecule has 0 saturated carbocycles. The fourth-order valence-electron chi connectivity index (χ4n) is 3.39. The van der Waals surface area contributed by atoms with Crippen LogP contribution < -0.4 is 10.2 Å². The molecule has 6 heteroatoms. The number of anilines is 1. The van der Waals surface area contributed by atoms with Crippen molar-refractivity contribution in [3.63, 3.8) is 0 Å². The lowest BCUT2D eigenvalue weighted by Gasteiger charge is -2.38. The van der Waals surface area contributed by atoms with Gasteiger partial charge < -0.3 is 15.1 Å². The Balaban J connectivity index is 1.58. The summed E-state index contributed by atoms with van der Waals surface area (Å²) < 4.78 is 0. The van der Waals surface area contributed by atoms with Crippen LogP contribution in [-0.2, 0) is 6.54 Å². The third kappa shape index (κ3) is 4.31. The average molecular weight is 353 g/mol. The Hall–Kier alpha value is -2.63. The van der Waals surface area contributed by atoms with Crippen molar-refractivity contribution in [2.75, 3.05) is 25.0 Å². The Labute approximate surface area is 155 Å². The van der Waals surface area contributed by atoms with Crippen molar-refractivity contribution in [1.29, 1.82) is 0 Å². The van der Waals surface area contributed by atoms with Crippen molar-refractivity contribution < 1.29 is 4.79 Å². The van der Waals surface area contributed by atoms with Crippen molar-refractivity contribution in [2.45, 2.75) is 39.3 Å². The van der Waals surface area contributed by atoms with Gasteiger partial charge in [0.05, 0.1) is 6.04 Å². The highest BCUT2D eigenvalue weighted by atomic mass is 16.2. The van der Waals surface area contributed by atoms with E-state index in [1.54, 1.807) is 6.20 Å². The zero-order valence-corrected chi connectivity index (χ0v) is 15.8. The summed E-state index contributed by atoms with van der Waals surface area (Å²) in [5.74, 6) is 0.876. The van der Waals surface area contributed by atoms with E-state index in [0.717, 1.165) is 37.3 Å². The van der Waals surface area contributed by atoms with Crippen LogP contribution in [0.2, 0.25) is 0 Å². The maximum Gasteiger partial charge on any atom is 0.317 e. The first-order chi connectivity index (χ1) is 12.5. The molecule has 6 nitrogen and oxygen atoms in total. The number of amides is 2. The molecule has 1 aromatic heterocycles. The predicted octanol–water partition coefficient (Wildman–Crippen LogP) is 2.90. The Kier molecular flexibility index (Phi) is 5.71. The van der Waals surface area contributed by atoms with E-state index in [2.05, 4.69) is 52.5 Å². The van der Waals surface area contributed by atoms with Crippen LogP contribution in [0.15, 0.2) is 36.5 Å². The van der Waals surface area contributed by atoms with Crippen molar-refractivity contribution in [3.05, 3.63) is 53.2 Å². The summed E-state index contributed by atoms with van der Waals surface area (Å²) in [5, 5.41) is 11.2. The molecular weight excluding hydrogens is 326 g/mol. The molecule has 0 bridgehead atoms. The van der Waals surface area contributed by atoms with Gasteiger partial charge in [-0.05, 0) is 49.9 Å². The first kappa shape index (κ1) is 18.2. The summed E-state index contributed by atoms with van der Waals surface area (Å²) in [6.07, 6.45) is 3.72. The molecule has 2 aromatic rings. The summed E-state index contributed by atoms with van der Waals surface area (Å²) in [5.41, 5.74) is 3.57. The van der Waals surface area contributed by atoms with Gasteiger partial charge in [0.1, 0.15) is 0 Å². The van der Waals surface area contributed by atoms with Gasteiger partial charge in [-0.15, -0.1) is 5.10 Å². The van der Waals surface area contributed by atoms with E-state index >= 15 is 0 Å². The second kappa shape index (κ2) is 8.17. The number of carbonyl (C=O) groups excluding carboxylic acids is 1. The quantitative estimate of drug-likeness (QED) is 0.918. The monoisotopic (exact) mass is 353 g/mol. The fraction of sp³-hybridized carbons (Fsp3) is 0.450. The molecule has 0 aliphatic carbocycles. The van der Waals surface area contributed by atoms with Crippen LogP contribution in [0.1, 0.15) is 29.5 Å². The van der Waals surface area contributed by atoms with E-state index in [-0.39, 0.29) is 12.1 Å². The highest BCUT2D eigenvalue weighted by Gasteiger charge is 2.26. The molecule has 1 saturated heterocycles. The van der Waals surface area contributed by atoms with Crippen LogP contribution in [-0.4, -0.2) is 47.3 Å². The number of nitrogens with one attached hydrogen (secondary N) is 1. The zero-order valence-electron chi connectivity index (χ0n) is 15.8. The minimum Gasteiger partial charge on any atom is -0.353 e. The minimum absolute atomic E-state index is 0.0306. The van der Waals surface area contributed by atoms with Crippen molar-refractivity contribution in [3.8, 4) is 0 Å². The maximum absolute atomic E-state index is 12.6. The number of likely N-dealkylation sites (N-methyl/N-ethyl adjacent to an activating group) is 1. The smallest absolute Gasteiger partial charge is 0.317 e. The second-order valence-corrected chi connectivity index (χ2v) is 7.02. The van der Waals surface area contributed by atoms with Gasteiger partial charge in [0.25, 0.3) is 0 Å². The van der Waals surface area contributed by atoms with Gasteiger partial charge in [-0.3, -0.25) is 0 Å². The molecule has 2 heterocycles. The lowest BCUT2D eigenvalue weighted by Crippen LogP contribution is -2.51. The predicted molar refractivity (Wildman–Crippen MR) is 103 cm³/mol. The molecule has 0 radical (unpaired) electrons. The topological polar surface area (TPSA) is 61.4 Å². The highest BCUT2D eigenvalue weighted by Crippen LogP contribution is 2.20. The summed E-state index contributed by atoms with van der Waals surface area (Å²) in [6.45, 7) is 6.43. The van der Waals surface area contributed by atoms with Crippen molar-refractivity contribution in [1.82, 2.24) is 20.4 Å². The number of piperidine rings is 1. The molecule has 2 amide bonds. The van der Waals surface area contributed by atoms with E-state index in [4.69, 9.17) is 0 Å². The number of nitrogens with zero attached hydrogens (tertiary/aromatic N) is 4. The fourth-order valence-corrected chi connectivity index (χ4v) is 3.39. The number of urea groups is 1. The van der Waals surface area contributed by atoms with E-state index in [1.807, 2.05) is 24.1 Å². The van der Waals surface area contributed by atoms with Gasteiger partial charge >= 0.3 is 6.03 Å². The lowest BCUT2D eigenvalue weighted by molar-refractivity contribution is 0.182. The first-order valence-electron chi connectivity index (χ1n) is 9.14. The highest BCUT2D eigenvalue weighted by molar-refractivity contribution is 5.74. The standard InChI is InChI=1S/C20H27N5O/c1-15-8-9-16(2)17(12-15)13-21-20(26)24(3)18-6-5-11-25(14-18)19-7-4-10-22-23-19/h4,7-10,12,18H,5-6,11,13-14H2,1-3H3,(H,21,26)/t18-/m1/s1. The third-order valence-corrected chi connectivity index (χ3v) is 5.08. The molecule has 1 aliphatic heterocycles. The Morgan fingerprint density at radius 1 is 1.35 bits per heavy atom. The van der Waals surface area contributed by atoms with E-state index < -0.39 is 0 Å². The normalized spacial score (nSPS) is 17.0. The SMILES string of the molecule is Cc1ccc(C)c(CNC(=O)N(C)[C@@H]2CCCN(c3cccnn3)C2)c1. The van der Waals surface area contributed by atoms with Gasteiger partial charge in [-0.2, -0.15) is 5.10 Å². The second-order valence-electron chi connectivity index (χ2n) is 7.02. The van der Waals surface area contributed by atoms with Gasteiger partial charge in [0.2, 0.25) is 0 Å². The number of carbonyl (C=O) groups is 1. The zero-order chi connectivity index (χ0) is 18.5. The van der Waals surface area contributed by atoms with Crippen LogP contribution >= 0.6 is 0 Å². The summed E-state index contributed by atoms with van der Waals surface area (Å²) in [6, 6.07) is 10.3. The molecule has 1 aromatic carbocycles. The maximum atomic E-state index is 12.6. The lowest BCUT2D eigenvalue weighted by atomic mass is 10.0. The molecule has 1 N–H and O–H groups in total. The summed E-state index contributed by atoms with van der Waals surface area (Å²) in [4.78, 5) is 16.7. The number of aryl methyl sites for hydroxylation is 2. The van der Waals surface area contributed by atoms with E-state index in [9.17, 15) is 4.79 Å². The molecule has 3 rings (SSSR count). The summed E-state index contributed by atoms with van der Waals surface area (Å²) >= 11 is 0. The molecule has 0 spiro atoms. The summed E-state index contributed by atoms with van der Waals surface area (Å²) in [7, 11) is 1.88. The average Bonchev–Trinajstić information content (AvgIpc) is 2.68. The van der Waals surface area contributed by atoms with Crippen LogP contribution in [0, 0.1) is 13.8 Å². The number of hydrogen-bond donors (Lipinski definition) is 1. The Bertz CT molecular complexity index is 749. The van der Waals surface area contributed by atoms with Gasteiger partial charge in [0, 0.05) is 32.9 Å². The van der Waals surface area contributed by atoms with Gasteiger partial charge in [0.15, 0.2) is 5.82 Å². The van der Waals surface area contributed by atoms with Crippen molar-refractivity contribution in [2.24, 2.45) is 0 Å². The largest absolute Gasteiger partial charge is 0.353 e. The molecule has 1 atom stereocenters. The number of hydrogen-bond acceptors (Lipinski definition) is 4. The van der Waals surface area contributed by atoms with Crippen molar-refractivity contribution >= 4 is 11.8 Å². The molecular formula is C20H27N5O. The molecule has 26 heavy (non-hydrogen) atoms. The molecule has 1 aliphatic rings. The van der Waals surface area contributed by atoms with E-state index in [0.29, 0.717) is 6.54 Å². The number of aromatic nitrogens is 2. The van der Waals surface area contributed by atoms with Crippen LogP contribution in [0.3, 0.4) is 0 Å². The van der Waals surface area contributed by atoms with Gasteiger partial charge in [-0.1, -0.05) is 23.8 Å². The van der Waals surface area contributed by atoms with Crippen LogP contribution in [0.5, 0.6) is 0 Å². The minimum atomic E-state index is -0.0306. The van der Waals surface area contributed by atoms with E-state index in [1.165, 1.54) is 11.1 Å². The molecule has 138 valence electrons. The third-order valence-electron chi connectivity index (χ3n) is 5.08. The first-order valence-corrected chi connectivity index (χ1v) is 9.14. The molecule has 0 unspecified atom stereocenters.